The average molecular weight is 427 g/mol. The van der Waals surface area contributed by atoms with Crippen LogP contribution >= 0.6 is 11.8 Å². The lowest BCUT2D eigenvalue weighted by atomic mass is 10.1. The molecule has 0 saturated carbocycles. The van der Waals surface area contributed by atoms with Gasteiger partial charge in [-0.15, -0.1) is 11.8 Å². The monoisotopic (exact) mass is 426 g/mol. The van der Waals surface area contributed by atoms with Crippen molar-refractivity contribution in [1.82, 2.24) is 9.55 Å². The SMILES string of the molecule is CC(C)n1c(C(Sc2ccccc2)c2ccccc2)nc2cc(C(F)(F)F)ccc21. The third-order valence-corrected chi connectivity index (χ3v) is 6.16. The van der Waals surface area contributed by atoms with Crippen LogP contribution in [0.1, 0.15) is 42.1 Å². The van der Waals surface area contributed by atoms with Crippen molar-refractivity contribution in [2.75, 3.05) is 0 Å². The number of benzene rings is 3. The van der Waals surface area contributed by atoms with Crippen molar-refractivity contribution < 1.29 is 13.2 Å². The van der Waals surface area contributed by atoms with Gasteiger partial charge in [-0.05, 0) is 49.7 Å². The first-order valence-corrected chi connectivity index (χ1v) is 10.6. The van der Waals surface area contributed by atoms with Crippen molar-refractivity contribution in [3.8, 4) is 0 Å². The minimum absolute atomic E-state index is 0.0457. The van der Waals surface area contributed by atoms with Gasteiger partial charge >= 0.3 is 6.18 Å². The van der Waals surface area contributed by atoms with Crippen molar-refractivity contribution in [3.63, 3.8) is 0 Å². The van der Waals surface area contributed by atoms with Crippen molar-refractivity contribution in [2.45, 2.75) is 36.2 Å². The molecule has 1 unspecified atom stereocenters. The summed E-state index contributed by atoms with van der Waals surface area (Å²) < 4.78 is 41.8. The Morgan fingerprint density at radius 2 is 1.50 bits per heavy atom. The van der Waals surface area contributed by atoms with E-state index in [1.807, 2.05) is 79.1 Å². The maximum Gasteiger partial charge on any atom is 0.416 e. The molecule has 0 saturated heterocycles. The van der Waals surface area contributed by atoms with Crippen LogP contribution in [0.5, 0.6) is 0 Å². The number of hydrogen-bond donors (Lipinski definition) is 0. The van der Waals surface area contributed by atoms with Crippen LogP contribution in [0.2, 0.25) is 0 Å². The summed E-state index contributed by atoms with van der Waals surface area (Å²) in [7, 11) is 0. The molecule has 154 valence electrons. The zero-order chi connectivity index (χ0) is 21.3. The van der Waals surface area contributed by atoms with Gasteiger partial charge in [0.2, 0.25) is 0 Å². The first-order valence-electron chi connectivity index (χ1n) is 9.70. The number of nitrogens with zero attached hydrogens (tertiary/aromatic N) is 2. The molecule has 0 bridgehead atoms. The molecule has 0 aliphatic carbocycles. The van der Waals surface area contributed by atoms with Gasteiger partial charge in [0.15, 0.2) is 0 Å². The molecule has 0 radical (unpaired) electrons. The van der Waals surface area contributed by atoms with Crippen molar-refractivity contribution >= 4 is 22.8 Å². The largest absolute Gasteiger partial charge is 0.416 e. The van der Waals surface area contributed by atoms with Gasteiger partial charge in [-0.25, -0.2) is 4.98 Å². The normalized spacial score (nSPS) is 13.1. The topological polar surface area (TPSA) is 17.8 Å². The Bertz CT molecular complexity index is 1140. The van der Waals surface area contributed by atoms with E-state index in [4.69, 9.17) is 4.98 Å². The van der Waals surface area contributed by atoms with Gasteiger partial charge in [-0.3, -0.25) is 0 Å². The summed E-state index contributed by atoms with van der Waals surface area (Å²) in [5, 5.41) is -0.155. The minimum Gasteiger partial charge on any atom is -0.324 e. The van der Waals surface area contributed by atoms with E-state index in [9.17, 15) is 13.2 Å². The highest BCUT2D eigenvalue weighted by atomic mass is 32.2. The zero-order valence-electron chi connectivity index (χ0n) is 16.6. The molecular formula is C24H21F3N2S. The number of rotatable bonds is 5. The lowest BCUT2D eigenvalue weighted by Gasteiger charge is -2.21. The van der Waals surface area contributed by atoms with E-state index in [-0.39, 0.29) is 11.3 Å². The summed E-state index contributed by atoms with van der Waals surface area (Å²) in [6.45, 7) is 4.05. The highest BCUT2D eigenvalue weighted by Crippen LogP contribution is 2.42. The maximum absolute atomic E-state index is 13.3. The summed E-state index contributed by atoms with van der Waals surface area (Å²) >= 11 is 1.65. The van der Waals surface area contributed by atoms with Crippen LogP contribution < -0.4 is 0 Å². The van der Waals surface area contributed by atoms with Crippen molar-refractivity contribution in [3.05, 3.63) is 95.8 Å². The second-order valence-corrected chi connectivity index (χ2v) is 8.54. The van der Waals surface area contributed by atoms with Gasteiger partial charge in [-0.2, -0.15) is 13.2 Å². The van der Waals surface area contributed by atoms with Gasteiger partial charge in [0.05, 0.1) is 21.8 Å². The predicted octanol–water partition coefficient (Wildman–Crippen LogP) is 7.52. The summed E-state index contributed by atoms with van der Waals surface area (Å²) in [5.74, 6) is 0.749. The van der Waals surface area contributed by atoms with Crippen LogP contribution in [0.25, 0.3) is 11.0 Å². The molecule has 0 aliphatic heterocycles. The Labute approximate surface area is 177 Å². The Hall–Kier alpha value is -2.73. The number of imidazole rings is 1. The summed E-state index contributed by atoms with van der Waals surface area (Å²) in [5.41, 5.74) is 1.45. The molecule has 4 aromatic rings. The van der Waals surface area contributed by atoms with Crippen LogP contribution in [0.15, 0.2) is 83.8 Å². The van der Waals surface area contributed by atoms with Gasteiger partial charge < -0.3 is 4.57 Å². The standard InChI is InChI=1S/C24H21F3N2S/c1-16(2)29-21-14-13-18(24(25,26)27)15-20(21)28-23(29)22(17-9-5-3-6-10-17)30-19-11-7-4-8-12-19/h3-16,22H,1-2H3. The Kier molecular flexibility index (Phi) is 5.60. The molecule has 2 nitrogen and oxygen atoms in total. The second-order valence-electron chi connectivity index (χ2n) is 7.36. The van der Waals surface area contributed by atoms with Crippen LogP contribution in [-0.4, -0.2) is 9.55 Å². The number of fused-ring (bicyclic) bond motifs is 1. The van der Waals surface area contributed by atoms with Crippen LogP contribution in [-0.2, 0) is 6.18 Å². The third-order valence-electron chi connectivity index (χ3n) is 4.89. The average Bonchev–Trinajstić information content (AvgIpc) is 3.11. The first-order chi connectivity index (χ1) is 14.3. The lowest BCUT2D eigenvalue weighted by molar-refractivity contribution is -0.137. The predicted molar refractivity (Wildman–Crippen MR) is 116 cm³/mol. The van der Waals surface area contributed by atoms with E-state index in [0.717, 1.165) is 28.4 Å². The molecule has 0 spiro atoms. The highest BCUT2D eigenvalue weighted by Gasteiger charge is 2.32. The minimum atomic E-state index is -4.40. The molecule has 0 fully saturated rings. The molecular weight excluding hydrogens is 405 g/mol. The number of thioether (sulfide) groups is 1. The summed E-state index contributed by atoms with van der Waals surface area (Å²) in [6.07, 6.45) is -4.40. The molecule has 4 rings (SSSR count). The summed E-state index contributed by atoms with van der Waals surface area (Å²) in [6, 6.07) is 23.8. The Morgan fingerprint density at radius 1 is 0.867 bits per heavy atom. The molecule has 1 heterocycles. The summed E-state index contributed by atoms with van der Waals surface area (Å²) in [4.78, 5) is 5.80. The number of alkyl halides is 3. The van der Waals surface area contributed by atoms with E-state index in [0.29, 0.717) is 11.0 Å². The molecule has 6 heteroatoms. The van der Waals surface area contributed by atoms with E-state index in [2.05, 4.69) is 0 Å². The highest BCUT2D eigenvalue weighted by molar-refractivity contribution is 7.99. The van der Waals surface area contributed by atoms with Crippen molar-refractivity contribution in [2.24, 2.45) is 0 Å². The smallest absolute Gasteiger partial charge is 0.324 e. The van der Waals surface area contributed by atoms with E-state index < -0.39 is 11.7 Å². The molecule has 30 heavy (non-hydrogen) atoms. The van der Waals surface area contributed by atoms with Gasteiger partial charge in [0, 0.05) is 10.9 Å². The number of halogens is 3. The van der Waals surface area contributed by atoms with Gasteiger partial charge in [0.25, 0.3) is 0 Å². The molecule has 1 atom stereocenters. The Morgan fingerprint density at radius 3 is 2.10 bits per heavy atom. The quantitative estimate of drug-likeness (QED) is 0.307. The van der Waals surface area contributed by atoms with Crippen molar-refractivity contribution in [1.29, 1.82) is 0 Å². The fourth-order valence-electron chi connectivity index (χ4n) is 3.55. The van der Waals surface area contributed by atoms with Crippen LogP contribution in [0, 0.1) is 0 Å². The van der Waals surface area contributed by atoms with E-state index >= 15 is 0 Å². The van der Waals surface area contributed by atoms with Crippen LogP contribution in [0.3, 0.4) is 0 Å². The maximum atomic E-state index is 13.3. The fourth-order valence-corrected chi connectivity index (χ4v) is 4.71. The molecule has 0 N–H and O–H groups in total. The van der Waals surface area contributed by atoms with Crippen LogP contribution in [0.4, 0.5) is 13.2 Å². The first kappa shape index (κ1) is 20.5. The zero-order valence-corrected chi connectivity index (χ0v) is 17.4. The Balaban J connectivity index is 1.90. The van der Waals surface area contributed by atoms with E-state index in [1.165, 1.54) is 6.07 Å². The third kappa shape index (κ3) is 4.10. The van der Waals surface area contributed by atoms with Gasteiger partial charge in [0.1, 0.15) is 5.82 Å². The molecule has 1 aromatic heterocycles. The molecule has 0 aliphatic rings. The molecule has 3 aromatic carbocycles. The van der Waals surface area contributed by atoms with E-state index in [1.54, 1.807) is 11.8 Å². The molecule has 0 amide bonds. The number of aromatic nitrogens is 2. The fraction of sp³-hybridized carbons (Fsp3) is 0.208. The second kappa shape index (κ2) is 8.19. The number of hydrogen-bond acceptors (Lipinski definition) is 2. The lowest BCUT2D eigenvalue weighted by Crippen LogP contribution is -2.10. The van der Waals surface area contributed by atoms with Gasteiger partial charge in [-0.1, -0.05) is 48.5 Å².